The van der Waals surface area contributed by atoms with E-state index in [4.69, 9.17) is 0 Å². The molecule has 0 saturated heterocycles. The van der Waals surface area contributed by atoms with Crippen molar-refractivity contribution in [2.45, 2.75) is 20.0 Å². The van der Waals surface area contributed by atoms with Gasteiger partial charge in [-0.2, -0.15) is 0 Å². The zero-order valence-electron chi connectivity index (χ0n) is 14.6. The topological polar surface area (TPSA) is 87.1 Å². The molecule has 0 saturated carbocycles. The molecular weight excluding hydrogens is 348 g/mol. The van der Waals surface area contributed by atoms with Crippen molar-refractivity contribution < 1.29 is 9.90 Å². The van der Waals surface area contributed by atoms with E-state index in [9.17, 15) is 9.90 Å². The summed E-state index contributed by atoms with van der Waals surface area (Å²) < 4.78 is 0. The van der Waals surface area contributed by atoms with Crippen molar-refractivity contribution >= 4 is 28.9 Å². The number of nitrogens with zero attached hydrogens (tertiary/aromatic N) is 2. The normalized spacial score (nSPS) is 11.8. The van der Waals surface area contributed by atoms with Crippen molar-refractivity contribution in [1.29, 1.82) is 0 Å². The SMILES string of the molecule is CCNC(=O)c1csc(-c2ccnc(Nc3cccc(C(C)O)c3)n2)c1. The minimum absolute atomic E-state index is 0.0858. The molecule has 1 atom stereocenters. The second-order valence-corrected chi connectivity index (χ2v) is 6.66. The number of benzene rings is 1. The summed E-state index contributed by atoms with van der Waals surface area (Å²) in [6.45, 7) is 4.20. The molecule has 7 heteroatoms. The number of aliphatic hydroxyl groups excluding tert-OH is 1. The number of anilines is 2. The highest BCUT2D eigenvalue weighted by Crippen LogP contribution is 2.27. The number of thiophene rings is 1. The van der Waals surface area contributed by atoms with Crippen LogP contribution in [0, 0.1) is 0 Å². The summed E-state index contributed by atoms with van der Waals surface area (Å²) in [5, 5.41) is 17.5. The van der Waals surface area contributed by atoms with E-state index < -0.39 is 6.10 Å². The van der Waals surface area contributed by atoms with Gasteiger partial charge in [0.05, 0.1) is 22.2 Å². The third-order valence-corrected chi connectivity index (χ3v) is 4.68. The van der Waals surface area contributed by atoms with Gasteiger partial charge >= 0.3 is 0 Å². The first-order valence-corrected chi connectivity index (χ1v) is 9.20. The number of hydrogen-bond donors (Lipinski definition) is 3. The third-order valence-electron chi connectivity index (χ3n) is 3.73. The largest absolute Gasteiger partial charge is 0.389 e. The second-order valence-electron chi connectivity index (χ2n) is 5.75. The molecule has 0 radical (unpaired) electrons. The fraction of sp³-hybridized carbons (Fsp3) is 0.211. The summed E-state index contributed by atoms with van der Waals surface area (Å²) in [5.41, 5.74) is 2.99. The van der Waals surface area contributed by atoms with Gasteiger partial charge in [0.1, 0.15) is 0 Å². The number of amides is 1. The Balaban J connectivity index is 1.80. The minimum Gasteiger partial charge on any atom is -0.389 e. The predicted molar refractivity (Wildman–Crippen MR) is 104 cm³/mol. The van der Waals surface area contributed by atoms with Crippen molar-refractivity contribution in [3.8, 4) is 10.6 Å². The van der Waals surface area contributed by atoms with Gasteiger partial charge in [0.2, 0.25) is 5.95 Å². The Morgan fingerprint density at radius 3 is 2.92 bits per heavy atom. The fourth-order valence-electron chi connectivity index (χ4n) is 2.41. The van der Waals surface area contributed by atoms with Crippen LogP contribution in [0.15, 0.2) is 48.0 Å². The summed E-state index contributed by atoms with van der Waals surface area (Å²) in [5.74, 6) is 0.371. The van der Waals surface area contributed by atoms with Crippen LogP contribution in [0.3, 0.4) is 0 Å². The van der Waals surface area contributed by atoms with E-state index in [0.717, 1.165) is 21.8 Å². The van der Waals surface area contributed by atoms with Gasteiger partial charge in [0.25, 0.3) is 5.91 Å². The van der Waals surface area contributed by atoms with Crippen molar-refractivity contribution in [3.05, 3.63) is 59.1 Å². The molecule has 2 heterocycles. The first kappa shape index (κ1) is 18.0. The van der Waals surface area contributed by atoms with Gasteiger partial charge < -0.3 is 15.7 Å². The number of rotatable bonds is 6. The van der Waals surface area contributed by atoms with Crippen LogP contribution in [0.2, 0.25) is 0 Å². The van der Waals surface area contributed by atoms with Gasteiger partial charge in [0.15, 0.2) is 0 Å². The predicted octanol–water partition coefficient (Wildman–Crippen LogP) is 3.75. The molecule has 0 aliphatic rings. The number of nitrogens with one attached hydrogen (secondary N) is 2. The van der Waals surface area contributed by atoms with E-state index in [2.05, 4.69) is 20.6 Å². The first-order valence-electron chi connectivity index (χ1n) is 8.32. The van der Waals surface area contributed by atoms with Crippen LogP contribution in [-0.4, -0.2) is 27.5 Å². The molecule has 0 fully saturated rings. The number of aromatic nitrogens is 2. The van der Waals surface area contributed by atoms with Crippen molar-refractivity contribution in [1.82, 2.24) is 15.3 Å². The number of aliphatic hydroxyl groups is 1. The minimum atomic E-state index is -0.539. The van der Waals surface area contributed by atoms with Crippen LogP contribution < -0.4 is 10.6 Å². The molecule has 2 aromatic heterocycles. The molecule has 6 nitrogen and oxygen atoms in total. The smallest absolute Gasteiger partial charge is 0.252 e. The quantitative estimate of drug-likeness (QED) is 0.617. The Bertz CT molecular complexity index is 908. The molecule has 0 aliphatic carbocycles. The Labute approximate surface area is 156 Å². The molecule has 0 bridgehead atoms. The van der Waals surface area contributed by atoms with Crippen LogP contribution in [0.4, 0.5) is 11.6 Å². The van der Waals surface area contributed by atoms with Crippen LogP contribution in [0.1, 0.15) is 35.9 Å². The maximum absolute atomic E-state index is 11.9. The Hall–Kier alpha value is -2.77. The number of carbonyl (C=O) groups excluding carboxylic acids is 1. The average Bonchev–Trinajstić information content (AvgIpc) is 3.13. The van der Waals surface area contributed by atoms with Gasteiger partial charge in [-0.3, -0.25) is 4.79 Å². The molecular formula is C19H20N4O2S. The number of carbonyl (C=O) groups is 1. The summed E-state index contributed by atoms with van der Waals surface area (Å²) in [6.07, 6.45) is 1.14. The van der Waals surface area contributed by atoms with Crippen LogP contribution in [0.5, 0.6) is 0 Å². The van der Waals surface area contributed by atoms with Gasteiger partial charge in [-0.05, 0) is 43.7 Å². The zero-order valence-corrected chi connectivity index (χ0v) is 15.4. The highest BCUT2D eigenvalue weighted by Gasteiger charge is 2.11. The molecule has 26 heavy (non-hydrogen) atoms. The van der Waals surface area contributed by atoms with Crippen molar-refractivity contribution in [2.24, 2.45) is 0 Å². The molecule has 3 aromatic rings. The van der Waals surface area contributed by atoms with Crippen molar-refractivity contribution in [3.63, 3.8) is 0 Å². The number of hydrogen-bond acceptors (Lipinski definition) is 6. The molecule has 1 aromatic carbocycles. The zero-order chi connectivity index (χ0) is 18.5. The van der Waals surface area contributed by atoms with E-state index in [1.807, 2.05) is 48.7 Å². The first-order chi connectivity index (χ1) is 12.6. The van der Waals surface area contributed by atoms with E-state index in [1.165, 1.54) is 11.3 Å². The summed E-state index contributed by atoms with van der Waals surface area (Å²) in [6, 6.07) is 11.1. The van der Waals surface area contributed by atoms with Crippen LogP contribution in [0.25, 0.3) is 10.6 Å². The third kappa shape index (κ3) is 4.25. The Morgan fingerprint density at radius 1 is 1.31 bits per heavy atom. The average molecular weight is 368 g/mol. The Morgan fingerprint density at radius 2 is 2.15 bits per heavy atom. The van der Waals surface area contributed by atoms with Crippen LogP contribution in [-0.2, 0) is 0 Å². The standard InChI is InChI=1S/C19H20N4O2S/c1-3-20-18(25)14-10-17(26-11-14)16-7-8-21-19(23-16)22-15-6-4-5-13(9-15)12(2)24/h4-12,24H,3H2,1-2H3,(H,20,25)(H,21,22,23). The van der Waals surface area contributed by atoms with E-state index in [0.29, 0.717) is 18.1 Å². The molecule has 1 unspecified atom stereocenters. The molecule has 3 N–H and O–H groups in total. The molecule has 1 amide bonds. The lowest BCUT2D eigenvalue weighted by atomic mass is 10.1. The summed E-state index contributed by atoms with van der Waals surface area (Å²) in [7, 11) is 0. The van der Waals surface area contributed by atoms with Gasteiger partial charge in [-0.15, -0.1) is 11.3 Å². The van der Waals surface area contributed by atoms with E-state index in [-0.39, 0.29) is 5.91 Å². The van der Waals surface area contributed by atoms with Gasteiger partial charge in [-0.25, -0.2) is 9.97 Å². The molecule has 0 aliphatic heterocycles. The highest BCUT2D eigenvalue weighted by atomic mass is 32.1. The fourth-order valence-corrected chi connectivity index (χ4v) is 3.27. The summed E-state index contributed by atoms with van der Waals surface area (Å²) in [4.78, 5) is 21.6. The molecule has 0 spiro atoms. The monoisotopic (exact) mass is 368 g/mol. The highest BCUT2D eigenvalue weighted by molar-refractivity contribution is 7.13. The van der Waals surface area contributed by atoms with E-state index in [1.54, 1.807) is 13.1 Å². The van der Waals surface area contributed by atoms with Crippen molar-refractivity contribution in [2.75, 3.05) is 11.9 Å². The lowest BCUT2D eigenvalue weighted by molar-refractivity contribution is 0.0956. The Kier molecular flexibility index (Phi) is 5.60. The lowest BCUT2D eigenvalue weighted by Gasteiger charge is -2.09. The maximum Gasteiger partial charge on any atom is 0.252 e. The lowest BCUT2D eigenvalue weighted by Crippen LogP contribution is -2.21. The van der Waals surface area contributed by atoms with E-state index >= 15 is 0 Å². The summed E-state index contributed by atoms with van der Waals surface area (Å²) >= 11 is 1.47. The maximum atomic E-state index is 11.9. The molecule has 134 valence electrons. The molecule has 3 rings (SSSR count). The van der Waals surface area contributed by atoms with Gasteiger partial charge in [-0.1, -0.05) is 12.1 Å². The van der Waals surface area contributed by atoms with Gasteiger partial charge in [0, 0.05) is 23.8 Å². The van der Waals surface area contributed by atoms with Crippen LogP contribution >= 0.6 is 11.3 Å². The second kappa shape index (κ2) is 8.07.